The molecular formula is C12H13ClN2O3. The quantitative estimate of drug-likeness (QED) is 0.842. The van der Waals surface area contributed by atoms with Crippen LogP contribution in [0.1, 0.15) is 5.76 Å². The van der Waals surface area contributed by atoms with Gasteiger partial charge in [-0.2, -0.15) is 0 Å². The molecule has 0 spiro atoms. The van der Waals surface area contributed by atoms with Crippen LogP contribution < -0.4 is 4.90 Å². The number of anilines is 1. The van der Waals surface area contributed by atoms with Gasteiger partial charge in [0.15, 0.2) is 5.58 Å². The summed E-state index contributed by atoms with van der Waals surface area (Å²) in [6, 6.07) is 3.50. The SMILES string of the molecule is OCc1cc2nc(Cl)cc(N3CCOCC3)c2o1. The van der Waals surface area contributed by atoms with Crippen molar-refractivity contribution in [1.82, 2.24) is 4.98 Å². The summed E-state index contributed by atoms with van der Waals surface area (Å²) in [5.41, 5.74) is 2.26. The van der Waals surface area contributed by atoms with Crippen molar-refractivity contribution in [2.24, 2.45) is 0 Å². The first kappa shape index (κ1) is 11.8. The molecule has 6 heteroatoms. The van der Waals surface area contributed by atoms with Crippen molar-refractivity contribution >= 4 is 28.4 Å². The molecule has 3 heterocycles. The van der Waals surface area contributed by atoms with E-state index in [-0.39, 0.29) is 6.61 Å². The molecule has 0 amide bonds. The zero-order chi connectivity index (χ0) is 12.5. The molecular weight excluding hydrogens is 256 g/mol. The molecule has 18 heavy (non-hydrogen) atoms. The van der Waals surface area contributed by atoms with Crippen molar-refractivity contribution in [3.63, 3.8) is 0 Å². The van der Waals surface area contributed by atoms with Gasteiger partial charge in [-0.3, -0.25) is 0 Å². The number of rotatable bonds is 2. The van der Waals surface area contributed by atoms with E-state index in [9.17, 15) is 0 Å². The number of aliphatic hydroxyl groups excluding tert-OH is 1. The lowest BCUT2D eigenvalue weighted by molar-refractivity contribution is 0.122. The van der Waals surface area contributed by atoms with Gasteiger partial charge < -0.3 is 19.2 Å². The summed E-state index contributed by atoms with van der Waals surface area (Å²) in [4.78, 5) is 6.36. The maximum Gasteiger partial charge on any atom is 0.176 e. The first-order chi connectivity index (χ1) is 8.78. The molecule has 0 unspecified atom stereocenters. The van der Waals surface area contributed by atoms with E-state index in [1.165, 1.54) is 0 Å². The van der Waals surface area contributed by atoms with Crippen LogP contribution in [-0.2, 0) is 11.3 Å². The van der Waals surface area contributed by atoms with Crippen LogP contribution in [-0.4, -0.2) is 36.4 Å². The zero-order valence-electron chi connectivity index (χ0n) is 9.73. The summed E-state index contributed by atoms with van der Waals surface area (Å²) in [5.74, 6) is 0.495. The molecule has 2 aromatic heterocycles. The van der Waals surface area contributed by atoms with Gasteiger partial charge in [-0.05, 0) is 0 Å². The Balaban J connectivity index is 2.10. The Labute approximate surface area is 109 Å². The van der Waals surface area contributed by atoms with E-state index in [1.54, 1.807) is 12.1 Å². The van der Waals surface area contributed by atoms with Crippen LogP contribution in [0.5, 0.6) is 0 Å². The second-order valence-corrected chi connectivity index (χ2v) is 4.54. The van der Waals surface area contributed by atoms with Gasteiger partial charge in [0, 0.05) is 25.2 Å². The molecule has 1 saturated heterocycles. The average molecular weight is 269 g/mol. The molecule has 0 bridgehead atoms. The molecule has 1 fully saturated rings. The molecule has 1 aliphatic heterocycles. The summed E-state index contributed by atoms with van der Waals surface area (Å²) in [6.45, 7) is 2.83. The summed E-state index contributed by atoms with van der Waals surface area (Å²) < 4.78 is 10.9. The van der Waals surface area contributed by atoms with E-state index in [0.29, 0.717) is 35.2 Å². The van der Waals surface area contributed by atoms with Gasteiger partial charge in [0.25, 0.3) is 0 Å². The number of halogens is 1. The highest BCUT2D eigenvalue weighted by Crippen LogP contribution is 2.31. The number of furan rings is 1. The minimum absolute atomic E-state index is 0.142. The van der Waals surface area contributed by atoms with Crippen molar-refractivity contribution in [2.45, 2.75) is 6.61 Å². The second-order valence-electron chi connectivity index (χ2n) is 4.15. The molecule has 1 aliphatic rings. The van der Waals surface area contributed by atoms with Gasteiger partial charge in [0.2, 0.25) is 0 Å². The number of aromatic nitrogens is 1. The highest BCUT2D eigenvalue weighted by Gasteiger charge is 2.18. The van der Waals surface area contributed by atoms with E-state index in [1.807, 2.05) is 0 Å². The molecule has 0 aliphatic carbocycles. The maximum atomic E-state index is 9.12. The average Bonchev–Trinajstić information content (AvgIpc) is 2.81. The summed E-state index contributed by atoms with van der Waals surface area (Å²) in [7, 11) is 0. The van der Waals surface area contributed by atoms with Gasteiger partial charge in [0.1, 0.15) is 23.0 Å². The molecule has 0 atom stereocenters. The Morgan fingerprint density at radius 1 is 1.33 bits per heavy atom. The van der Waals surface area contributed by atoms with Crippen molar-refractivity contribution in [2.75, 3.05) is 31.2 Å². The third-order valence-corrected chi connectivity index (χ3v) is 3.18. The molecule has 2 aromatic rings. The monoisotopic (exact) mass is 268 g/mol. The van der Waals surface area contributed by atoms with E-state index >= 15 is 0 Å². The van der Waals surface area contributed by atoms with E-state index in [2.05, 4.69) is 9.88 Å². The topological polar surface area (TPSA) is 58.7 Å². The van der Waals surface area contributed by atoms with Gasteiger partial charge in [0.05, 0.1) is 18.9 Å². The minimum Gasteiger partial charge on any atom is -0.455 e. The third-order valence-electron chi connectivity index (χ3n) is 2.99. The van der Waals surface area contributed by atoms with E-state index < -0.39 is 0 Å². The van der Waals surface area contributed by atoms with Crippen molar-refractivity contribution in [3.05, 3.63) is 23.0 Å². The molecule has 5 nitrogen and oxygen atoms in total. The minimum atomic E-state index is -0.142. The van der Waals surface area contributed by atoms with Crippen LogP contribution in [0.2, 0.25) is 5.15 Å². The Hall–Kier alpha value is -1.30. The van der Waals surface area contributed by atoms with Crippen LogP contribution in [0.4, 0.5) is 5.69 Å². The number of aliphatic hydroxyl groups is 1. The fourth-order valence-corrected chi connectivity index (χ4v) is 2.33. The number of morpholine rings is 1. The first-order valence-electron chi connectivity index (χ1n) is 5.80. The van der Waals surface area contributed by atoms with Gasteiger partial charge >= 0.3 is 0 Å². The lowest BCUT2D eigenvalue weighted by Gasteiger charge is -2.28. The number of fused-ring (bicyclic) bond motifs is 1. The standard InChI is InChI=1S/C12H13ClN2O3/c13-11-6-10(15-1-3-17-4-2-15)12-9(14-11)5-8(7-16)18-12/h5-6,16H,1-4,7H2. The summed E-state index contributed by atoms with van der Waals surface area (Å²) >= 11 is 6.02. The van der Waals surface area contributed by atoms with Crippen LogP contribution in [0.25, 0.3) is 11.1 Å². The largest absolute Gasteiger partial charge is 0.455 e. The Morgan fingerprint density at radius 2 is 2.11 bits per heavy atom. The highest BCUT2D eigenvalue weighted by molar-refractivity contribution is 6.30. The van der Waals surface area contributed by atoms with E-state index in [4.69, 9.17) is 25.9 Å². The lowest BCUT2D eigenvalue weighted by Crippen LogP contribution is -2.36. The van der Waals surface area contributed by atoms with Gasteiger partial charge in [-0.25, -0.2) is 4.98 Å². The van der Waals surface area contributed by atoms with Crippen LogP contribution >= 0.6 is 11.6 Å². The van der Waals surface area contributed by atoms with Crippen LogP contribution in [0.3, 0.4) is 0 Å². The molecule has 96 valence electrons. The first-order valence-corrected chi connectivity index (χ1v) is 6.18. The third kappa shape index (κ3) is 2.05. The predicted octanol–water partition coefficient (Wildman–Crippen LogP) is 1.81. The Kier molecular flexibility index (Phi) is 3.11. The predicted molar refractivity (Wildman–Crippen MR) is 68.0 cm³/mol. The summed E-state index contributed by atoms with van der Waals surface area (Å²) in [6.07, 6.45) is 0. The summed E-state index contributed by atoms with van der Waals surface area (Å²) in [5, 5.41) is 9.55. The Morgan fingerprint density at radius 3 is 2.83 bits per heavy atom. The van der Waals surface area contributed by atoms with Crippen LogP contribution in [0.15, 0.2) is 16.5 Å². The smallest absolute Gasteiger partial charge is 0.176 e. The number of hydrogen-bond acceptors (Lipinski definition) is 5. The van der Waals surface area contributed by atoms with Crippen molar-refractivity contribution in [1.29, 1.82) is 0 Å². The molecule has 0 radical (unpaired) electrons. The molecule has 1 N–H and O–H groups in total. The van der Waals surface area contributed by atoms with Gasteiger partial charge in [-0.15, -0.1) is 0 Å². The van der Waals surface area contributed by atoms with Crippen molar-refractivity contribution < 1.29 is 14.3 Å². The normalized spacial score (nSPS) is 16.4. The van der Waals surface area contributed by atoms with Gasteiger partial charge in [-0.1, -0.05) is 11.6 Å². The second kappa shape index (κ2) is 4.76. The molecule has 0 saturated carbocycles. The van der Waals surface area contributed by atoms with E-state index in [0.717, 1.165) is 18.8 Å². The number of nitrogens with zero attached hydrogens (tertiary/aromatic N) is 2. The number of hydrogen-bond donors (Lipinski definition) is 1. The van der Waals surface area contributed by atoms with Crippen molar-refractivity contribution in [3.8, 4) is 0 Å². The number of pyridine rings is 1. The fraction of sp³-hybridized carbons (Fsp3) is 0.417. The molecule has 3 rings (SSSR count). The Bertz CT molecular complexity index is 564. The number of ether oxygens (including phenoxy) is 1. The van der Waals surface area contributed by atoms with Crippen LogP contribution in [0, 0.1) is 0 Å². The fourth-order valence-electron chi connectivity index (χ4n) is 2.14. The molecule has 0 aromatic carbocycles. The zero-order valence-corrected chi connectivity index (χ0v) is 10.5. The highest BCUT2D eigenvalue weighted by atomic mass is 35.5. The lowest BCUT2D eigenvalue weighted by atomic mass is 10.3. The maximum absolute atomic E-state index is 9.12.